The Balaban J connectivity index is 1.94. The highest BCUT2D eigenvalue weighted by atomic mass is 16.4. The van der Waals surface area contributed by atoms with Crippen LogP contribution in [-0.2, 0) is 0 Å². The largest absolute Gasteiger partial charge is 0.478 e. The van der Waals surface area contributed by atoms with E-state index in [0.717, 1.165) is 55.3 Å². The number of carboxylic acids is 1. The van der Waals surface area contributed by atoms with Crippen molar-refractivity contribution in [3.63, 3.8) is 0 Å². The Morgan fingerprint density at radius 3 is 2.41 bits per heavy atom. The molecule has 6 nitrogen and oxygen atoms in total. The topological polar surface area (TPSA) is 91.8 Å². The van der Waals surface area contributed by atoms with Gasteiger partial charge in [0.15, 0.2) is 0 Å². The first-order valence-electron chi connectivity index (χ1n) is 10.5. The van der Waals surface area contributed by atoms with Gasteiger partial charge in [0.25, 0.3) is 0 Å². The molecule has 0 fully saturated rings. The number of rotatable bonds is 4. The van der Waals surface area contributed by atoms with Crippen LogP contribution in [0.1, 0.15) is 41.3 Å². The van der Waals surface area contributed by atoms with E-state index < -0.39 is 5.97 Å². The van der Waals surface area contributed by atoms with Crippen LogP contribution in [0.15, 0.2) is 61.1 Å². The summed E-state index contributed by atoms with van der Waals surface area (Å²) in [6.45, 7) is 6.37. The van der Waals surface area contributed by atoms with Crippen molar-refractivity contribution in [3.05, 3.63) is 77.7 Å². The highest BCUT2D eigenvalue weighted by Crippen LogP contribution is 2.42. The Morgan fingerprint density at radius 1 is 1.03 bits per heavy atom. The van der Waals surface area contributed by atoms with Gasteiger partial charge in [-0.3, -0.25) is 10.1 Å². The molecule has 0 amide bonds. The fourth-order valence-corrected chi connectivity index (χ4v) is 4.40. The first-order valence-corrected chi connectivity index (χ1v) is 10.5. The monoisotopic (exact) mass is 422 g/mol. The molecular weight excluding hydrogens is 400 g/mol. The second kappa shape index (κ2) is 7.57. The van der Waals surface area contributed by atoms with E-state index in [1.54, 1.807) is 24.5 Å². The fourth-order valence-electron chi connectivity index (χ4n) is 4.40. The van der Waals surface area contributed by atoms with E-state index in [1.807, 2.05) is 30.5 Å². The Morgan fingerprint density at radius 2 is 1.75 bits per heavy atom. The van der Waals surface area contributed by atoms with Crippen molar-refractivity contribution in [2.75, 3.05) is 0 Å². The predicted molar refractivity (Wildman–Crippen MR) is 126 cm³/mol. The third-order valence-electron chi connectivity index (χ3n) is 5.92. The molecule has 0 saturated heterocycles. The zero-order valence-corrected chi connectivity index (χ0v) is 18.0. The number of nitrogens with zero attached hydrogens (tertiary/aromatic N) is 3. The molecule has 0 unspecified atom stereocenters. The smallest absolute Gasteiger partial charge is 0.335 e. The van der Waals surface area contributed by atoms with Crippen LogP contribution < -0.4 is 0 Å². The molecule has 0 atom stereocenters. The third kappa shape index (κ3) is 3.12. The summed E-state index contributed by atoms with van der Waals surface area (Å²) < 4.78 is 0. The maximum Gasteiger partial charge on any atom is 0.335 e. The number of benzene rings is 2. The molecule has 5 rings (SSSR count). The summed E-state index contributed by atoms with van der Waals surface area (Å²) in [6.07, 6.45) is 5.44. The number of hydrogen-bond acceptors (Lipinski definition) is 4. The molecule has 0 aliphatic rings. The van der Waals surface area contributed by atoms with Gasteiger partial charge in [-0.05, 0) is 59.9 Å². The molecule has 0 bridgehead atoms. The van der Waals surface area contributed by atoms with Gasteiger partial charge in [-0.2, -0.15) is 5.10 Å². The van der Waals surface area contributed by atoms with Gasteiger partial charge in [-0.15, -0.1) is 0 Å². The first-order chi connectivity index (χ1) is 15.5. The van der Waals surface area contributed by atoms with Crippen LogP contribution in [0.3, 0.4) is 0 Å². The van der Waals surface area contributed by atoms with Gasteiger partial charge in [0.1, 0.15) is 0 Å². The lowest BCUT2D eigenvalue weighted by molar-refractivity contribution is 0.0697. The van der Waals surface area contributed by atoms with Crippen molar-refractivity contribution >= 4 is 27.8 Å². The van der Waals surface area contributed by atoms with E-state index in [2.05, 4.69) is 42.0 Å². The quantitative estimate of drug-likeness (QED) is 0.372. The third-order valence-corrected chi connectivity index (χ3v) is 5.92. The normalized spacial score (nSPS) is 11.5. The lowest BCUT2D eigenvalue weighted by Gasteiger charge is -2.21. The number of aromatic amines is 1. The molecule has 0 aliphatic heterocycles. The summed E-state index contributed by atoms with van der Waals surface area (Å²) in [6, 6.07) is 13.1. The molecule has 2 N–H and O–H groups in total. The number of carboxylic acid groups (broad SMARTS) is 1. The van der Waals surface area contributed by atoms with Crippen molar-refractivity contribution in [2.24, 2.45) is 0 Å². The minimum atomic E-state index is -0.943. The van der Waals surface area contributed by atoms with Crippen LogP contribution >= 0.6 is 0 Å². The predicted octanol–water partition coefficient (Wildman–Crippen LogP) is 5.97. The summed E-state index contributed by atoms with van der Waals surface area (Å²) in [5.41, 5.74) is 8.21. The van der Waals surface area contributed by atoms with Crippen molar-refractivity contribution in [3.8, 4) is 22.4 Å². The van der Waals surface area contributed by atoms with Gasteiger partial charge >= 0.3 is 5.97 Å². The highest BCUT2D eigenvalue weighted by molar-refractivity contribution is 6.07. The van der Waals surface area contributed by atoms with Crippen LogP contribution in [0, 0.1) is 6.92 Å². The molecule has 5 aromatic rings. The molecule has 3 aromatic heterocycles. The van der Waals surface area contributed by atoms with Crippen molar-refractivity contribution < 1.29 is 9.90 Å². The number of aryl methyl sites for hydroxylation is 1. The highest BCUT2D eigenvalue weighted by Gasteiger charge is 2.22. The Hall–Kier alpha value is -4.06. The summed E-state index contributed by atoms with van der Waals surface area (Å²) in [4.78, 5) is 20.7. The standard InChI is InChI=1S/C26H22N4O2/c1-14(2)21-22(16-8-10-27-11-9-16)20-12-19-13-28-30-23(19)15(3)24(20)29-25(21)17-4-6-18(7-5-17)26(31)32/h4-14H,1-3H3,(H,28,30)(H,31,32). The maximum atomic E-state index is 11.4. The lowest BCUT2D eigenvalue weighted by atomic mass is 9.85. The summed E-state index contributed by atoms with van der Waals surface area (Å²) in [7, 11) is 0. The number of aromatic nitrogens is 4. The van der Waals surface area contributed by atoms with E-state index in [9.17, 15) is 9.90 Å². The molecular formula is C26H22N4O2. The van der Waals surface area contributed by atoms with Crippen LogP contribution in [-0.4, -0.2) is 31.2 Å². The number of pyridine rings is 2. The molecule has 0 radical (unpaired) electrons. The van der Waals surface area contributed by atoms with Crippen molar-refractivity contribution in [1.82, 2.24) is 20.2 Å². The zero-order valence-electron chi connectivity index (χ0n) is 18.0. The minimum Gasteiger partial charge on any atom is -0.478 e. The lowest BCUT2D eigenvalue weighted by Crippen LogP contribution is -2.03. The molecule has 32 heavy (non-hydrogen) atoms. The fraction of sp³-hybridized carbons (Fsp3) is 0.154. The number of H-pyrrole nitrogens is 1. The van der Waals surface area contributed by atoms with Gasteiger partial charge in [0.05, 0.1) is 28.5 Å². The molecule has 2 aromatic carbocycles. The molecule has 3 heterocycles. The number of hydrogen-bond donors (Lipinski definition) is 2. The Kier molecular flexibility index (Phi) is 4.70. The second-order valence-electron chi connectivity index (χ2n) is 8.25. The van der Waals surface area contributed by atoms with E-state index >= 15 is 0 Å². The van der Waals surface area contributed by atoms with E-state index in [1.165, 1.54) is 0 Å². The second-order valence-corrected chi connectivity index (χ2v) is 8.25. The van der Waals surface area contributed by atoms with Gasteiger partial charge in [-0.25, -0.2) is 9.78 Å². The number of aromatic carboxylic acids is 1. The number of carbonyl (C=O) groups is 1. The SMILES string of the molecule is Cc1c2nc(-c3ccc(C(=O)O)cc3)c(C(C)C)c(-c3ccncc3)c2cc2cn[nH]c12. The average Bonchev–Trinajstić information content (AvgIpc) is 3.27. The van der Waals surface area contributed by atoms with Crippen LogP contribution in [0.2, 0.25) is 0 Å². The molecule has 6 heteroatoms. The Bertz CT molecular complexity index is 1470. The minimum absolute atomic E-state index is 0.185. The Labute approximate surface area is 185 Å². The van der Waals surface area contributed by atoms with Crippen LogP contribution in [0.5, 0.6) is 0 Å². The molecule has 158 valence electrons. The number of fused-ring (bicyclic) bond motifs is 2. The molecule has 0 spiro atoms. The summed E-state index contributed by atoms with van der Waals surface area (Å²) >= 11 is 0. The van der Waals surface area contributed by atoms with Crippen molar-refractivity contribution in [2.45, 2.75) is 26.7 Å². The molecule has 0 aliphatic carbocycles. The van der Waals surface area contributed by atoms with E-state index in [4.69, 9.17) is 4.98 Å². The van der Waals surface area contributed by atoms with Crippen molar-refractivity contribution in [1.29, 1.82) is 0 Å². The summed E-state index contributed by atoms with van der Waals surface area (Å²) in [5.74, 6) is -0.758. The van der Waals surface area contributed by atoms with E-state index in [0.29, 0.717) is 0 Å². The van der Waals surface area contributed by atoms with Gasteiger partial charge in [-0.1, -0.05) is 26.0 Å². The zero-order chi connectivity index (χ0) is 22.4. The van der Waals surface area contributed by atoms with Gasteiger partial charge in [0, 0.05) is 34.3 Å². The van der Waals surface area contributed by atoms with Crippen LogP contribution in [0.25, 0.3) is 44.2 Å². The number of nitrogens with one attached hydrogen (secondary N) is 1. The van der Waals surface area contributed by atoms with Gasteiger partial charge < -0.3 is 5.11 Å². The summed E-state index contributed by atoms with van der Waals surface area (Å²) in [5, 5.41) is 18.7. The van der Waals surface area contributed by atoms with E-state index in [-0.39, 0.29) is 11.5 Å². The van der Waals surface area contributed by atoms with Gasteiger partial charge in [0.2, 0.25) is 0 Å². The first kappa shape index (κ1) is 19.9. The maximum absolute atomic E-state index is 11.4. The average molecular weight is 422 g/mol. The van der Waals surface area contributed by atoms with Crippen LogP contribution in [0.4, 0.5) is 0 Å². The molecule has 0 saturated carbocycles.